The van der Waals surface area contributed by atoms with E-state index >= 15 is 0 Å². The molecule has 0 radical (unpaired) electrons. The fourth-order valence-electron chi connectivity index (χ4n) is 1.62. The number of hydrogen-bond donors (Lipinski definition) is 2. The molecule has 0 unspecified atom stereocenters. The second-order valence-electron chi connectivity index (χ2n) is 3.92. The van der Waals surface area contributed by atoms with Crippen molar-refractivity contribution in [3.8, 4) is 11.3 Å². The first-order valence-electron chi connectivity index (χ1n) is 5.25. The van der Waals surface area contributed by atoms with Crippen LogP contribution in [0.1, 0.15) is 16.1 Å². The highest BCUT2D eigenvalue weighted by molar-refractivity contribution is 5.92. The number of aromatic nitrogens is 1. The zero-order valence-electron chi connectivity index (χ0n) is 9.64. The van der Waals surface area contributed by atoms with Gasteiger partial charge in [-0.2, -0.15) is 0 Å². The molecule has 1 aromatic carbocycles. The third-order valence-corrected chi connectivity index (χ3v) is 2.53. The highest BCUT2D eigenvalue weighted by atomic mass is 19.1. The van der Waals surface area contributed by atoms with Crippen molar-refractivity contribution in [1.29, 1.82) is 0 Å². The van der Waals surface area contributed by atoms with Crippen molar-refractivity contribution in [2.75, 3.05) is 5.73 Å². The molecule has 0 bridgehead atoms. The molecule has 2 rings (SSSR count). The number of hydrogen-bond acceptors (Lipinski definition) is 3. The van der Waals surface area contributed by atoms with Gasteiger partial charge in [-0.15, -0.1) is 0 Å². The summed E-state index contributed by atoms with van der Waals surface area (Å²) in [5.74, 6) is -1.68. The number of aromatic carboxylic acids is 1. The minimum atomic E-state index is -1.23. The van der Waals surface area contributed by atoms with E-state index in [9.17, 15) is 9.18 Å². The molecule has 5 heteroatoms. The first-order valence-corrected chi connectivity index (χ1v) is 5.25. The van der Waals surface area contributed by atoms with E-state index in [1.54, 1.807) is 19.1 Å². The van der Waals surface area contributed by atoms with Gasteiger partial charge in [0.1, 0.15) is 5.82 Å². The number of rotatable bonds is 2. The first-order chi connectivity index (χ1) is 8.49. The molecule has 1 aromatic heterocycles. The Morgan fingerprint density at radius 2 is 2.06 bits per heavy atom. The van der Waals surface area contributed by atoms with Crippen LogP contribution in [-0.2, 0) is 0 Å². The van der Waals surface area contributed by atoms with Crippen LogP contribution in [-0.4, -0.2) is 16.1 Å². The topological polar surface area (TPSA) is 76.2 Å². The Kier molecular flexibility index (Phi) is 2.97. The molecule has 1 heterocycles. The van der Waals surface area contributed by atoms with Crippen molar-refractivity contribution >= 4 is 11.7 Å². The minimum absolute atomic E-state index is 0.0544. The summed E-state index contributed by atoms with van der Waals surface area (Å²) in [6.45, 7) is 1.77. The zero-order chi connectivity index (χ0) is 13.3. The molecule has 0 fully saturated rings. The monoisotopic (exact) mass is 246 g/mol. The predicted octanol–water partition coefficient (Wildman–Crippen LogP) is 2.48. The number of nitrogens with zero attached hydrogens (tertiary/aromatic N) is 1. The highest BCUT2D eigenvalue weighted by Gasteiger charge is 2.13. The average molecular weight is 246 g/mol. The fourth-order valence-corrected chi connectivity index (χ4v) is 1.62. The molecule has 0 spiro atoms. The molecule has 0 amide bonds. The smallest absolute Gasteiger partial charge is 0.356 e. The van der Waals surface area contributed by atoms with E-state index in [-0.39, 0.29) is 22.6 Å². The summed E-state index contributed by atoms with van der Waals surface area (Å²) in [5.41, 5.74) is 6.56. The standard InChI is InChI=1S/C13H11FN2O2/c1-7-2-3-8(9(14)6-7)11-5-4-10(15)12(16-11)13(17)18/h2-6H,15H2,1H3,(H,17,18). The van der Waals surface area contributed by atoms with Gasteiger partial charge in [-0.1, -0.05) is 6.07 Å². The van der Waals surface area contributed by atoms with Crippen LogP contribution in [0.15, 0.2) is 30.3 Å². The van der Waals surface area contributed by atoms with Crippen LogP contribution in [0.4, 0.5) is 10.1 Å². The molecule has 3 N–H and O–H groups in total. The molecule has 4 nitrogen and oxygen atoms in total. The maximum atomic E-state index is 13.8. The van der Waals surface area contributed by atoms with Gasteiger partial charge in [0.05, 0.1) is 11.4 Å². The number of carboxylic acids is 1. The number of nitrogens with two attached hydrogens (primary N) is 1. The largest absolute Gasteiger partial charge is 0.476 e. The van der Waals surface area contributed by atoms with Crippen molar-refractivity contribution in [2.24, 2.45) is 0 Å². The molecule has 0 aliphatic heterocycles. The van der Waals surface area contributed by atoms with Crippen LogP contribution in [0.25, 0.3) is 11.3 Å². The Labute approximate surface area is 103 Å². The molecule has 0 saturated carbocycles. The van der Waals surface area contributed by atoms with Gasteiger partial charge in [-0.25, -0.2) is 14.2 Å². The van der Waals surface area contributed by atoms with E-state index in [4.69, 9.17) is 10.8 Å². The summed E-state index contributed by atoms with van der Waals surface area (Å²) in [7, 11) is 0. The molecular weight excluding hydrogens is 235 g/mol. The Balaban J connectivity index is 2.58. The maximum absolute atomic E-state index is 13.8. The molecule has 0 atom stereocenters. The summed E-state index contributed by atoms with van der Waals surface area (Å²) in [5, 5.41) is 8.91. The van der Waals surface area contributed by atoms with Crippen LogP contribution in [0, 0.1) is 12.7 Å². The first kappa shape index (κ1) is 12.0. The Morgan fingerprint density at radius 3 is 2.67 bits per heavy atom. The zero-order valence-corrected chi connectivity index (χ0v) is 9.64. The van der Waals surface area contributed by atoms with Gasteiger partial charge in [0.25, 0.3) is 0 Å². The molecular formula is C13H11FN2O2. The van der Waals surface area contributed by atoms with Gasteiger partial charge >= 0.3 is 5.97 Å². The number of anilines is 1. The molecule has 0 aliphatic rings. The van der Waals surface area contributed by atoms with Gasteiger partial charge in [0.2, 0.25) is 0 Å². The van der Waals surface area contributed by atoms with Crippen molar-refractivity contribution in [3.63, 3.8) is 0 Å². The van der Waals surface area contributed by atoms with Crippen molar-refractivity contribution in [3.05, 3.63) is 47.4 Å². The molecule has 0 aliphatic carbocycles. The van der Waals surface area contributed by atoms with E-state index in [1.807, 2.05) is 0 Å². The third-order valence-electron chi connectivity index (χ3n) is 2.53. The van der Waals surface area contributed by atoms with Crippen LogP contribution >= 0.6 is 0 Å². The molecule has 2 aromatic rings. The lowest BCUT2D eigenvalue weighted by Gasteiger charge is -2.06. The van der Waals surface area contributed by atoms with Crippen molar-refractivity contribution < 1.29 is 14.3 Å². The van der Waals surface area contributed by atoms with Gasteiger partial charge in [-0.05, 0) is 36.8 Å². The lowest BCUT2D eigenvalue weighted by molar-refractivity contribution is 0.0692. The highest BCUT2D eigenvalue weighted by Crippen LogP contribution is 2.23. The second kappa shape index (κ2) is 4.44. The normalized spacial score (nSPS) is 10.3. The van der Waals surface area contributed by atoms with E-state index in [0.717, 1.165) is 5.56 Å². The number of nitrogen functional groups attached to an aromatic ring is 1. The lowest BCUT2D eigenvalue weighted by Crippen LogP contribution is -2.06. The summed E-state index contributed by atoms with van der Waals surface area (Å²) in [4.78, 5) is 14.8. The Morgan fingerprint density at radius 1 is 1.33 bits per heavy atom. The van der Waals surface area contributed by atoms with E-state index < -0.39 is 11.8 Å². The van der Waals surface area contributed by atoms with Crippen LogP contribution in [0.3, 0.4) is 0 Å². The van der Waals surface area contributed by atoms with E-state index in [2.05, 4.69) is 4.98 Å². The van der Waals surface area contributed by atoms with E-state index in [0.29, 0.717) is 0 Å². The van der Waals surface area contributed by atoms with Gasteiger partial charge in [0, 0.05) is 5.56 Å². The van der Waals surface area contributed by atoms with Crippen LogP contribution in [0.2, 0.25) is 0 Å². The molecule has 0 saturated heterocycles. The number of carboxylic acid groups (broad SMARTS) is 1. The lowest BCUT2D eigenvalue weighted by atomic mass is 10.1. The van der Waals surface area contributed by atoms with Crippen molar-refractivity contribution in [2.45, 2.75) is 6.92 Å². The number of halogens is 1. The summed E-state index contributed by atoms with van der Waals surface area (Å²) in [6.07, 6.45) is 0. The van der Waals surface area contributed by atoms with Crippen LogP contribution in [0.5, 0.6) is 0 Å². The second-order valence-corrected chi connectivity index (χ2v) is 3.92. The number of aryl methyl sites for hydroxylation is 1. The van der Waals surface area contributed by atoms with Gasteiger partial charge < -0.3 is 10.8 Å². The summed E-state index contributed by atoms with van der Waals surface area (Å²) >= 11 is 0. The Hall–Kier alpha value is -2.43. The minimum Gasteiger partial charge on any atom is -0.476 e. The molecule has 92 valence electrons. The average Bonchev–Trinajstić information content (AvgIpc) is 2.30. The number of carbonyl (C=O) groups is 1. The maximum Gasteiger partial charge on any atom is 0.356 e. The van der Waals surface area contributed by atoms with Gasteiger partial charge in [-0.3, -0.25) is 0 Å². The van der Waals surface area contributed by atoms with Crippen LogP contribution < -0.4 is 5.73 Å². The summed E-state index contributed by atoms with van der Waals surface area (Å²) < 4.78 is 13.8. The fraction of sp³-hybridized carbons (Fsp3) is 0.0769. The predicted molar refractivity (Wildman–Crippen MR) is 65.7 cm³/mol. The third kappa shape index (κ3) is 2.15. The summed E-state index contributed by atoms with van der Waals surface area (Å²) in [6, 6.07) is 7.57. The molecule has 18 heavy (non-hydrogen) atoms. The van der Waals surface area contributed by atoms with E-state index in [1.165, 1.54) is 18.2 Å². The quantitative estimate of drug-likeness (QED) is 0.853. The SMILES string of the molecule is Cc1ccc(-c2ccc(N)c(C(=O)O)n2)c(F)c1. The number of benzene rings is 1. The van der Waals surface area contributed by atoms with Gasteiger partial charge in [0.15, 0.2) is 5.69 Å². The van der Waals surface area contributed by atoms with Crippen molar-refractivity contribution in [1.82, 2.24) is 4.98 Å². The number of pyridine rings is 1. The Bertz CT molecular complexity index is 626.